The lowest BCUT2D eigenvalue weighted by Gasteiger charge is -2.31. The van der Waals surface area contributed by atoms with E-state index >= 15 is 0 Å². The van der Waals surface area contributed by atoms with Crippen LogP contribution in [-0.2, 0) is 16.4 Å². The number of anilines is 1. The van der Waals surface area contributed by atoms with Crippen molar-refractivity contribution in [2.45, 2.75) is 43.3 Å². The molecule has 0 spiro atoms. The highest BCUT2D eigenvalue weighted by atomic mass is 32.2. The van der Waals surface area contributed by atoms with Gasteiger partial charge in [0.2, 0.25) is 10.0 Å². The smallest absolute Gasteiger partial charge is 0.216 e. The number of nitrogens with zero attached hydrogens (tertiary/aromatic N) is 3. The summed E-state index contributed by atoms with van der Waals surface area (Å²) in [5.41, 5.74) is 3.33. The summed E-state index contributed by atoms with van der Waals surface area (Å²) in [6.45, 7) is 2.16. The van der Waals surface area contributed by atoms with Crippen molar-refractivity contribution < 1.29 is 8.42 Å². The number of hydrogen-bond acceptors (Lipinski definition) is 5. The van der Waals surface area contributed by atoms with Crippen LogP contribution in [0.15, 0.2) is 6.20 Å². The zero-order chi connectivity index (χ0) is 16.3. The minimum atomic E-state index is -3.05. The molecule has 5 rings (SSSR count). The average molecular weight is 347 g/mol. The van der Waals surface area contributed by atoms with Crippen molar-refractivity contribution in [2.24, 2.45) is 0 Å². The van der Waals surface area contributed by atoms with Crippen LogP contribution in [0.2, 0.25) is 0 Å². The molecule has 0 amide bonds. The number of nitrogens with one attached hydrogen (secondary N) is 2. The molecular formula is C16H21N5O2S. The summed E-state index contributed by atoms with van der Waals surface area (Å²) in [5, 5.41) is 12.1. The Hall–Kier alpha value is -1.67. The largest absolute Gasteiger partial charge is 0.369 e. The maximum absolute atomic E-state index is 12.4. The van der Waals surface area contributed by atoms with Crippen molar-refractivity contribution in [3.8, 4) is 0 Å². The number of rotatable bonds is 3. The predicted molar refractivity (Wildman–Crippen MR) is 91.6 cm³/mol. The summed E-state index contributed by atoms with van der Waals surface area (Å²) in [6.07, 6.45) is 6.17. The number of hydrogen-bond donors (Lipinski definition) is 2. The molecule has 0 radical (unpaired) electrons. The molecule has 0 atom stereocenters. The van der Waals surface area contributed by atoms with E-state index in [1.54, 1.807) is 4.31 Å². The SMILES string of the molecule is O=S(=O)(C1CC1)N1CCC(c2[nH]nc3cnc4c(c23)CCN4)CC1. The minimum absolute atomic E-state index is 0.109. The number of pyridine rings is 1. The molecule has 2 N–H and O–H groups in total. The number of sulfonamides is 1. The quantitative estimate of drug-likeness (QED) is 0.880. The summed E-state index contributed by atoms with van der Waals surface area (Å²) in [6, 6.07) is 0. The van der Waals surface area contributed by atoms with Crippen molar-refractivity contribution in [3.63, 3.8) is 0 Å². The third-order valence-corrected chi connectivity index (χ3v) is 7.96. The van der Waals surface area contributed by atoms with Gasteiger partial charge in [-0.05, 0) is 32.1 Å². The highest BCUT2D eigenvalue weighted by Gasteiger charge is 2.41. The molecule has 3 aliphatic rings. The molecule has 0 unspecified atom stereocenters. The van der Waals surface area contributed by atoms with Crippen molar-refractivity contribution in [1.29, 1.82) is 0 Å². The Labute approximate surface area is 140 Å². The van der Waals surface area contributed by atoms with Crippen LogP contribution in [0.1, 0.15) is 42.9 Å². The van der Waals surface area contributed by atoms with E-state index in [2.05, 4.69) is 20.5 Å². The van der Waals surface area contributed by atoms with E-state index in [9.17, 15) is 8.42 Å². The molecule has 24 heavy (non-hydrogen) atoms. The van der Waals surface area contributed by atoms with E-state index in [0.717, 1.165) is 55.7 Å². The van der Waals surface area contributed by atoms with Crippen molar-refractivity contribution >= 4 is 26.7 Å². The van der Waals surface area contributed by atoms with Crippen molar-refractivity contribution in [2.75, 3.05) is 25.0 Å². The first-order chi connectivity index (χ1) is 11.6. The monoisotopic (exact) mass is 347 g/mol. The van der Waals surface area contributed by atoms with Gasteiger partial charge in [-0.3, -0.25) is 5.10 Å². The number of piperidine rings is 1. The van der Waals surface area contributed by atoms with Gasteiger partial charge >= 0.3 is 0 Å². The number of aromatic nitrogens is 3. The molecule has 1 aliphatic carbocycles. The topological polar surface area (TPSA) is 91.0 Å². The van der Waals surface area contributed by atoms with Gasteiger partial charge in [0, 0.05) is 42.2 Å². The maximum atomic E-state index is 12.4. The molecule has 1 saturated heterocycles. The first-order valence-corrected chi connectivity index (χ1v) is 10.2. The summed E-state index contributed by atoms with van der Waals surface area (Å²) in [5.74, 6) is 1.31. The Morgan fingerprint density at radius 3 is 2.71 bits per heavy atom. The molecule has 0 bridgehead atoms. The Morgan fingerprint density at radius 1 is 1.17 bits per heavy atom. The highest BCUT2D eigenvalue weighted by Crippen LogP contribution is 2.38. The molecule has 128 valence electrons. The lowest BCUT2D eigenvalue weighted by molar-refractivity contribution is 0.317. The maximum Gasteiger partial charge on any atom is 0.216 e. The average Bonchev–Trinajstić information content (AvgIpc) is 3.20. The van der Waals surface area contributed by atoms with Crippen molar-refractivity contribution in [1.82, 2.24) is 19.5 Å². The molecule has 2 fully saturated rings. The Bertz CT molecular complexity index is 895. The van der Waals surface area contributed by atoms with Gasteiger partial charge in [-0.25, -0.2) is 17.7 Å². The van der Waals surface area contributed by atoms with E-state index in [1.165, 1.54) is 10.9 Å². The van der Waals surface area contributed by atoms with Gasteiger partial charge < -0.3 is 5.32 Å². The van der Waals surface area contributed by atoms with E-state index in [-0.39, 0.29) is 5.25 Å². The second-order valence-electron chi connectivity index (χ2n) is 7.08. The zero-order valence-corrected chi connectivity index (χ0v) is 14.3. The van der Waals surface area contributed by atoms with Gasteiger partial charge in [0.05, 0.1) is 11.4 Å². The molecule has 7 nitrogen and oxygen atoms in total. The van der Waals surface area contributed by atoms with Crippen LogP contribution in [0.3, 0.4) is 0 Å². The van der Waals surface area contributed by atoms with Crippen LogP contribution < -0.4 is 5.32 Å². The van der Waals surface area contributed by atoms with Crippen molar-refractivity contribution in [3.05, 3.63) is 17.5 Å². The lowest BCUT2D eigenvalue weighted by atomic mass is 9.91. The van der Waals surface area contributed by atoms with Gasteiger partial charge in [-0.2, -0.15) is 5.10 Å². The second kappa shape index (κ2) is 5.16. The fraction of sp³-hybridized carbons (Fsp3) is 0.625. The summed E-state index contributed by atoms with van der Waals surface area (Å²) < 4.78 is 26.5. The van der Waals surface area contributed by atoms with E-state index in [4.69, 9.17) is 0 Å². The molecule has 8 heteroatoms. The molecule has 2 aromatic heterocycles. The van der Waals surface area contributed by atoms with Gasteiger partial charge in [0.1, 0.15) is 11.3 Å². The van der Waals surface area contributed by atoms with Crippen LogP contribution >= 0.6 is 0 Å². The predicted octanol–water partition coefficient (Wildman–Crippen LogP) is 1.60. The van der Waals surface area contributed by atoms with E-state index in [0.29, 0.717) is 19.0 Å². The molecule has 2 aromatic rings. The summed E-state index contributed by atoms with van der Waals surface area (Å²) in [7, 11) is -3.05. The molecule has 2 aliphatic heterocycles. The van der Waals surface area contributed by atoms with Gasteiger partial charge in [-0.1, -0.05) is 0 Å². The van der Waals surface area contributed by atoms with E-state index < -0.39 is 10.0 Å². The Kier molecular flexibility index (Phi) is 3.15. The fourth-order valence-electron chi connectivity index (χ4n) is 4.08. The third kappa shape index (κ3) is 2.16. The van der Waals surface area contributed by atoms with Crippen LogP contribution in [0.25, 0.3) is 10.9 Å². The zero-order valence-electron chi connectivity index (χ0n) is 13.5. The van der Waals surface area contributed by atoms with Crippen LogP contribution in [-0.4, -0.2) is 52.8 Å². The standard InChI is InChI=1S/C16H21N5O2S/c22-24(23,11-1-2-11)21-7-4-10(5-8-21)15-14-12-3-6-17-16(12)18-9-13(14)19-20-15/h9-11H,1-8H2,(H,17,18)(H,19,20). The Balaban J connectivity index is 1.42. The van der Waals surface area contributed by atoms with Crippen LogP contribution in [0.4, 0.5) is 5.82 Å². The number of aromatic amines is 1. The normalized spacial score (nSPS) is 22.7. The Morgan fingerprint density at radius 2 is 1.96 bits per heavy atom. The molecule has 1 saturated carbocycles. The minimum Gasteiger partial charge on any atom is -0.369 e. The fourth-order valence-corrected chi connectivity index (χ4v) is 5.95. The van der Waals surface area contributed by atoms with E-state index in [1.807, 2.05) is 6.20 Å². The van der Waals surface area contributed by atoms with Crippen LogP contribution in [0, 0.1) is 0 Å². The summed E-state index contributed by atoms with van der Waals surface area (Å²) in [4.78, 5) is 4.44. The van der Waals surface area contributed by atoms with Gasteiger partial charge in [-0.15, -0.1) is 0 Å². The molecule has 4 heterocycles. The highest BCUT2D eigenvalue weighted by molar-refractivity contribution is 7.90. The molecule has 0 aromatic carbocycles. The first kappa shape index (κ1) is 14.7. The number of H-pyrrole nitrogens is 1. The van der Waals surface area contributed by atoms with Gasteiger partial charge in [0.25, 0.3) is 0 Å². The molecular weight excluding hydrogens is 326 g/mol. The summed E-state index contributed by atoms with van der Waals surface area (Å²) >= 11 is 0. The second-order valence-corrected chi connectivity index (χ2v) is 9.29. The van der Waals surface area contributed by atoms with Gasteiger partial charge in [0.15, 0.2) is 0 Å². The first-order valence-electron chi connectivity index (χ1n) is 8.73. The van der Waals surface area contributed by atoms with Crippen LogP contribution in [0.5, 0.6) is 0 Å². The number of fused-ring (bicyclic) bond motifs is 3. The lowest BCUT2D eigenvalue weighted by Crippen LogP contribution is -2.39. The third-order valence-electron chi connectivity index (χ3n) is 5.56.